The Balaban J connectivity index is 3.21. The van der Waals surface area contributed by atoms with E-state index in [0.717, 1.165) is 10.0 Å². The van der Waals surface area contributed by atoms with Gasteiger partial charge in [0, 0.05) is 4.47 Å². The van der Waals surface area contributed by atoms with Crippen LogP contribution in [0.4, 0.5) is 0 Å². The molecule has 1 aromatic rings. The summed E-state index contributed by atoms with van der Waals surface area (Å²) in [4.78, 5) is 10.8. The number of carboxylic acid groups (broad SMARTS) is 1. The van der Waals surface area contributed by atoms with E-state index in [-0.39, 0.29) is 4.90 Å². The smallest absolute Gasteiger partial charge is 0.321 e. The Bertz CT molecular complexity index is 583. The van der Waals surface area contributed by atoms with E-state index in [9.17, 15) is 13.2 Å². The van der Waals surface area contributed by atoms with Gasteiger partial charge in [-0.2, -0.15) is 4.72 Å². The molecule has 2 N–H and O–H groups in total. The van der Waals surface area contributed by atoms with E-state index < -0.39 is 22.0 Å². The Labute approximate surface area is 114 Å². The molecule has 0 aliphatic carbocycles. The van der Waals surface area contributed by atoms with Crippen molar-refractivity contribution in [2.24, 2.45) is 0 Å². The first-order chi connectivity index (χ1) is 8.15. The van der Waals surface area contributed by atoms with Crippen LogP contribution in [0, 0.1) is 13.8 Å². The molecule has 0 aliphatic rings. The average molecular weight is 336 g/mol. The molecule has 0 aliphatic heterocycles. The quantitative estimate of drug-likeness (QED) is 0.878. The normalized spacial score (nSPS) is 13.3. The van der Waals surface area contributed by atoms with Crippen LogP contribution in [0.5, 0.6) is 0 Å². The van der Waals surface area contributed by atoms with Crippen molar-refractivity contribution in [2.75, 3.05) is 0 Å². The molecule has 18 heavy (non-hydrogen) atoms. The first kappa shape index (κ1) is 15.1. The molecule has 7 heteroatoms. The minimum atomic E-state index is -3.83. The van der Waals surface area contributed by atoms with E-state index in [1.54, 1.807) is 19.9 Å². The van der Waals surface area contributed by atoms with Crippen LogP contribution in [0.1, 0.15) is 18.1 Å². The first-order valence-corrected chi connectivity index (χ1v) is 7.44. The van der Waals surface area contributed by atoms with Gasteiger partial charge in [0.05, 0.1) is 4.90 Å². The third-order valence-corrected chi connectivity index (χ3v) is 4.99. The van der Waals surface area contributed by atoms with Crippen molar-refractivity contribution in [1.82, 2.24) is 4.72 Å². The third kappa shape index (κ3) is 3.30. The van der Waals surface area contributed by atoms with Crippen molar-refractivity contribution < 1.29 is 18.3 Å². The second kappa shape index (κ2) is 5.38. The van der Waals surface area contributed by atoms with E-state index in [4.69, 9.17) is 5.11 Å². The molecule has 0 amide bonds. The standard InChI is InChI=1S/C11H14BrNO4S/c1-6-5-10(7(2)4-9(6)12)18(16,17)13-8(3)11(14)15/h4-5,8,13H,1-3H3,(H,14,15). The molecule has 1 unspecified atom stereocenters. The van der Waals surface area contributed by atoms with Gasteiger partial charge in [0.25, 0.3) is 0 Å². The van der Waals surface area contributed by atoms with Crippen molar-refractivity contribution in [2.45, 2.75) is 31.7 Å². The van der Waals surface area contributed by atoms with Crippen LogP contribution < -0.4 is 4.72 Å². The summed E-state index contributed by atoms with van der Waals surface area (Å²) in [5.74, 6) is -1.22. The molecule has 100 valence electrons. The van der Waals surface area contributed by atoms with Crippen LogP contribution in [0.2, 0.25) is 0 Å². The second-order valence-electron chi connectivity index (χ2n) is 4.05. The number of rotatable bonds is 4. The molecule has 1 atom stereocenters. The molecular formula is C11H14BrNO4S. The van der Waals surface area contributed by atoms with Gasteiger partial charge in [-0.25, -0.2) is 8.42 Å². The highest BCUT2D eigenvalue weighted by atomic mass is 79.9. The molecule has 0 heterocycles. The Morgan fingerprint density at radius 2 is 1.89 bits per heavy atom. The molecule has 1 aromatic carbocycles. The van der Waals surface area contributed by atoms with Crippen LogP contribution in [-0.2, 0) is 14.8 Å². The van der Waals surface area contributed by atoms with Crippen LogP contribution in [0.15, 0.2) is 21.5 Å². The van der Waals surface area contributed by atoms with Crippen LogP contribution >= 0.6 is 15.9 Å². The molecule has 5 nitrogen and oxygen atoms in total. The lowest BCUT2D eigenvalue weighted by molar-refractivity contribution is -0.138. The molecule has 0 radical (unpaired) electrons. The lowest BCUT2D eigenvalue weighted by Crippen LogP contribution is -2.38. The van der Waals surface area contributed by atoms with Crippen LogP contribution in [0.25, 0.3) is 0 Å². The molecule has 0 aromatic heterocycles. The zero-order chi connectivity index (χ0) is 14.1. The van der Waals surface area contributed by atoms with Gasteiger partial charge in [-0.05, 0) is 44.0 Å². The zero-order valence-corrected chi connectivity index (χ0v) is 12.6. The van der Waals surface area contributed by atoms with Gasteiger partial charge >= 0.3 is 5.97 Å². The van der Waals surface area contributed by atoms with Gasteiger partial charge in [-0.15, -0.1) is 0 Å². The second-order valence-corrected chi connectivity index (χ2v) is 6.58. The fraction of sp³-hybridized carbons (Fsp3) is 0.364. The summed E-state index contributed by atoms with van der Waals surface area (Å²) >= 11 is 3.31. The highest BCUT2D eigenvalue weighted by molar-refractivity contribution is 9.10. The van der Waals surface area contributed by atoms with E-state index in [0.29, 0.717) is 5.56 Å². The molecular weight excluding hydrogens is 322 g/mol. The van der Waals surface area contributed by atoms with E-state index in [2.05, 4.69) is 20.7 Å². The molecule has 0 spiro atoms. The molecule has 0 saturated heterocycles. The maximum atomic E-state index is 12.0. The summed E-state index contributed by atoms with van der Waals surface area (Å²) in [6, 6.07) is 2.03. The largest absolute Gasteiger partial charge is 0.480 e. The van der Waals surface area contributed by atoms with Crippen molar-refractivity contribution in [3.63, 3.8) is 0 Å². The predicted molar refractivity (Wildman–Crippen MR) is 71.0 cm³/mol. The highest BCUT2D eigenvalue weighted by Gasteiger charge is 2.23. The number of carbonyl (C=O) groups is 1. The number of aliphatic carboxylic acids is 1. The van der Waals surface area contributed by atoms with Gasteiger partial charge in [-0.3, -0.25) is 4.79 Å². The summed E-state index contributed by atoms with van der Waals surface area (Å²) in [5, 5.41) is 8.73. The van der Waals surface area contributed by atoms with Crippen molar-refractivity contribution in [1.29, 1.82) is 0 Å². The van der Waals surface area contributed by atoms with Crippen molar-refractivity contribution in [3.8, 4) is 0 Å². The summed E-state index contributed by atoms with van der Waals surface area (Å²) in [6.07, 6.45) is 0. The Morgan fingerprint density at radius 3 is 2.39 bits per heavy atom. The summed E-state index contributed by atoms with van der Waals surface area (Å²) in [6.45, 7) is 4.70. The van der Waals surface area contributed by atoms with Gasteiger partial charge < -0.3 is 5.11 Å². The topological polar surface area (TPSA) is 83.5 Å². The van der Waals surface area contributed by atoms with Crippen LogP contribution in [0.3, 0.4) is 0 Å². The van der Waals surface area contributed by atoms with E-state index in [1.165, 1.54) is 13.0 Å². The minimum Gasteiger partial charge on any atom is -0.480 e. The van der Waals surface area contributed by atoms with Gasteiger partial charge in [0.2, 0.25) is 10.0 Å². The Hall–Kier alpha value is -0.920. The lowest BCUT2D eigenvalue weighted by Gasteiger charge is -2.13. The van der Waals surface area contributed by atoms with Crippen molar-refractivity contribution >= 4 is 31.9 Å². The summed E-state index contributed by atoms with van der Waals surface area (Å²) in [5.41, 5.74) is 1.32. The van der Waals surface area contributed by atoms with E-state index >= 15 is 0 Å². The maximum absolute atomic E-state index is 12.0. The lowest BCUT2D eigenvalue weighted by atomic mass is 10.2. The van der Waals surface area contributed by atoms with Crippen LogP contribution in [-0.4, -0.2) is 25.5 Å². The molecule has 0 fully saturated rings. The highest BCUT2D eigenvalue weighted by Crippen LogP contribution is 2.24. The number of aryl methyl sites for hydroxylation is 2. The van der Waals surface area contributed by atoms with Gasteiger partial charge in [-0.1, -0.05) is 15.9 Å². The average Bonchev–Trinajstić information content (AvgIpc) is 2.22. The van der Waals surface area contributed by atoms with Crippen molar-refractivity contribution in [3.05, 3.63) is 27.7 Å². The number of halogens is 1. The number of sulfonamides is 1. The first-order valence-electron chi connectivity index (χ1n) is 5.17. The predicted octanol–water partition coefficient (Wildman–Crippen LogP) is 1.82. The van der Waals surface area contributed by atoms with Gasteiger partial charge in [0.1, 0.15) is 6.04 Å². The monoisotopic (exact) mass is 335 g/mol. The SMILES string of the molecule is Cc1cc(S(=O)(=O)NC(C)C(=O)O)c(C)cc1Br. The van der Waals surface area contributed by atoms with E-state index in [1.807, 2.05) is 0 Å². The number of hydrogen-bond donors (Lipinski definition) is 2. The number of benzene rings is 1. The Morgan fingerprint density at radius 1 is 1.33 bits per heavy atom. The number of nitrogens with one attached hydrogen (secondary N) is 1. The number of carboxylic acids is 1. The molecule has 0 saturated carbocycles. The maximum Gasteiger partial charge on any atom is 0.321 e. The fourth-order valence-corrected chi connectivity index (χ4v) is 3.36. The minimum absolute atomic E-state index is 0.0938. The summed E-state index contributed by atoms with van der Waals surface area (Å²) < 4.78 is 27.0. The van der Waals surface area contributed by atoms with Gasteiger partial charge in [0.15, 0.2) is 0 Å². The fourth-order valence-electron chi connectivity index (χ4n) is 1.39. The third-order valence-electron chi connectivity index (χ3n) is 2.45. The Kier molecular flexibility index (Phi) is 4.52. The zero-order valence-electron chi connectivity index (χ0n) is 10.2. The summed E-state index contributed by atoms with van der Waals surface area (Å²) in [7, 11) is -3.83. The molecule has 1 rings (SSSR count). The number of hydrogen-bond acceptors (Lipinski definition) is 3. The molecule has 0 bridgehead atoms.